The summed E-state index contributed by atoms with van der Waals surface area (Å²) in [6.45, 7) is 4.38. The fourth-order valence-corrected chi connectivity index (χ4v) is 2.30. The van der Waals surface area contributed by atoms with Crippen molar-refractivity contribution in [1.82, 2.24) is 0 Å². The van der Waals surface area contributed by atoms with Crippen LogP contribution in [-0.4, -0.2) is 12.6 Å². The Hall–Kier alpha value is -1.23. The highest BCUT2D eigenvalue weighted by Crippen LogP contribution is 2.11. The zero-order chi connectivity index (χ0) is 16.3. The molecule has 0 rings (SSSR count). The van der Waals surface area contributed by atoms with E-state index >= 15 is 0 Å². The molecule has 0 aromatic heterocycles. The summed E-state index contributed by atoms with van der Waals surface area (Å²) >= 11 is 0. The number of ether oxygens (including phenoxy) is 1. The first-order chi connectivity index (χ1) is 10.8. The largest absolute Gasteiger partial charge is 0.463 e. The Morgan fingerprint density at radius 3 is 2.05 bits per heavy atom. The van der Waals surface area contributed by atoms with Crippen LogP contribution in [0.4, 0.5) is 0 Å². The first-order valence-electron chi connectivity index (χ1n) is 9.10. The molecule has 0 fully saturated rings. The van der Waals surface area contributed by atoms with Crippen molar-refractivity contribution in [2.45, 2.75) is 90.9 Å². The highest BCUT2D eigenvalue weighted by atomic mass is 16.5. The first-order valence-corrected chi connectivity index (χ1v) is 9.10. The van der Waals surface area contributed by atoms with Crippen molar-refractivity contribution >= 4 is 5.97 Å². The van der Waals surface area contributed by atoms with Gasteiger partial charge in [0.2, 0.25) is 0 Å². The van der Waals surface area contributed by atoms with E-state index in [0.717, 1.165) is 19.3 Å². The molecule has 0 aromatic carbocycles. The average molecular weight is 306 g/mol. The van der Waals surface area contributed by atoms with Crippen LogP contribution in [0.25, 0.3) is 0 Å². The highest BCUT2D eigenvalue weighted by Gasteiger charge is 1.94. The van der Waals surface area contributed by atoms with Crippen molar-refractivity contribution < 1.29 is 9.53 Å². The van der Waals surface area contributed by atoms with E-state index < -0.39 is 0 Å². The summed E-state index contributed by atoms with van der Waals surface area (Å²) in [6, 6.07) is 0. The zero-order valence-corrected chi connectivity index (χ0v) is 14.7. The molecular formula is C20H34O2. The van der Waals surface area contributed by atoms with Crippen LogP contribution in [0.2, 0.25) is 0 Å². The maximum Gasteiger partial charge on any atom is 0.330 e. The van der Waals surface area contributed by atoms with Crippen LogP contribution in [0.15, 0.2) is 12.2 Å². The van der Waals surface area contributed by atoms with Gasteiger partial charge in [0, 0.05) is 18.9 Å². The third-order valence-electron chi connectivity index (χ3n) is 3.51. The predicted octanol–water partition coefficient (Wildman–Crippen LogP) is 5.81. The molecule has 126 valence electrons. The third kappa shape index (κ3) is 16.8. The molecule has 0 unspecified atom stereocenters. The van der Waals surface area contributed by atoms with Gasteiger partial charge < -0.3 is 4.74 Å². The van der Waals surface area contributed by atoms with E-state index in [9.17, 15) is 4.79 Å². The maximum atomic E-state index is 11.1. The topological polar surface area (TPSA) is 26.3 Å². The molecule has 0 atom stereocenters. The Bertz CT molecular complexity index is 333. The van der Waals surface area contributed by atoms with Crippen molar-refractivity contribution in [2.75, 3.05) is 6.61 Å². The van der Waals surface area contributed by atoms with E-state index in [1.807, 2.05) is 13.0 Å². The molecule has 2 heteroatoms. The lowest BCUT2D eigenvalue weighted by Gasteiger charge is -2.01. The fourth-order valence-electron chi connectivity index (χ4n) is 2.30. The smallest absolute Gasteiger partial charge is 0.330 e. The Labute approximate surface area is 137 Å². The van der Waals surface area contributed by atoms with Crippen LogP contribution in [0.5, 0.6) is 0 Å². The number of hydrogen-bond donors (Lipinski definition) is 0. The zero-order valence-electron chi connectivity index (χ0n) is 14.7. The minimum absolute atomic E-state index is 0.219. The molecule has 0 N–H and O–H groups in total. The third-order valence-corrected chi connectivity index (χ3v) is 3.51. The summed E-state index contributed by atoms with van der Waals surface area (Å²) < 4.78 is 4.83. The van der Waals surface area contributed by atoms with Crippen molar-refractivity contribution in [1.29, 1.82) is 0 Å². The first kappa shape index (κ1) is 20.8. The second-order valence-corrected chi connectivity index (χ2v) is 5.58. The molecule has 0 radical (unpaired) electrons. The lowest BCUT2D eigenvalue weighted by Crippen LogP contribution is -1.98. The van der Waals surface area contributed by atoms with Crippen LogP contribution in [0, 0.1) is 11.8 Å². The number of allylic oxidation sites excluding steroid dienone is 1. The van der Waals surface area contributed by atoms with Crippen LogP contribution < -0.4 is 0 Å². The molecule has 0 saturated heterocycles. The van der Waals surface area contributed by atoms with Crippen molar-refractivity contribution in [3.8, 4) is 11.8 Å². The van der Waals surface area contributed by atoms with Crippen molar-refractivity contribution in [3.63, 3.8) is 0 Å². The van der Waals surface area contributed by atoms with Crippen LogP contribution in [-0.2, 0) is 9.53 Å². The monoisotopic (exact) mass is 306 g/mol. The summed E-state index contributed by atoms with van der Waals surface area (Å²) in [4.78, 5) is 11.1. The predicted molar refractivity (Wildman–Crippen MR) is 94.6 cm³/mol. The minimum atomic E-state index is -0.219. The van der Waals surface area contributed by atoms with Gasteiger partial charge >= 0.3 is 5.97 Å². The molecule has 0 spiro atoms. The van der Waals surface area contributed by atoms with Crippen LogP contribution in [0.3, 0.4) is 0 Å². The van der Waals surface area contributed by atoms with Crippen LogP contribution in [0.1, 0.15) is 90.9 Å². The van der Waals surface area contributed by atoms with Crippen molar-refractivity contribution in [3.05, 3.63) is 12.2 Å². The molecule has 22 heavy (non-hydrogen) atoms. The number of hydrogen-bond acceptors (Lipinski definition) is 2. The second-order valence-electron chi connectivity index (χ2n) is 5.58. The minimum Gasteiger partial charge on any atom is -0.463 e. The van der Waals surface area contributed by atoms with Gasteiger partial charge in [-0.05, 0) is 26.2 Å². The van der Waals surface area contributed by atoms with Gasteiger partial charge in [-0.1, -0.05) is 57.9 Å². The molecule has 0 amide bonds. The molecule has 2 nitrogen and oxygen atoms in total. The molecule has 0 heterocycles. The number of carbonyl (C=O) groups is 1. The van der Waals surface area contributed by atoms with Gasteiger partial charge in [-0.25, -0.2) is 4.79 Å². The van der Waals surface area contributed by atoms with Gasteiger partial charge in [-0.3, -0.25) is 0 Å². The number of unbranched alkanes of at least 4 members (excludes halogenated alkanes) is 10. The second kappa shape index (κ2) is 17.8. The van der Waals surface area contributed by atoms with E-state index in [0.29, 0.717) is 6.61 Å². The molecule has 0 bridgehead atoms. The van der Waals surface area contributed by atoms with Gasteiger partial charge in [0.1, 0.15) is 0 Å². The molecule has 0 saturated carbocycles. The van der Waals surface area contributed by atoms with Gasteiger partial charge in [-0.2, -0.15) is 0 Å². The van der Waals surface area contributed by atoms with E-state index in [4.69, 9.17) is 4.74 Å². The van der Waals surface area contributed by atoms with Crippen LogP contribution >= 0.6 is 0 Å². The van der Waals surface area contributed by atoms with Gasteiger partial charge in [-0.15, -0.1) is 11.8 Å². The summed E-state index contributed by atoms with van der Waals surface area (Å²) in [5.74, 6) is 6.10. The standard InChI is InChI=1S/C20H34O2/c1-3-5-6-7-8-9-10-11-12-13-14-15-16-17-18-19-20(21)22-4-2/h18-19H,3-4,7-17H2,1-2H3/b19-18+. The van der Waals surface area contributed by atoms with E-state index in [2.05, 4.69) is 18.8 Å². The average Bonchev–Trinajstić information content (AvgIpc) is 2.51. The summed E-state index contributed by atoms with van der Waals surface area (Å²) in [6.07, 6.45) is 18.3. The van der Waals surface area contributed by atoms with Gasteiger partial charge in [0.05, 0.1) is 6.61 Å². The Balaban J connectivity index is 3.16. The molecule has 0 aliphatic carbocycles. The number of rotatable bonds is 13. The molecule has 0 aliphatic rings. The van der Waals surface area contributed by atoms with E-state index in [1.165, 1.54) is 57.8 Å². The normalized spacial score (nSPS) is 10.5. The van der Waals surface area contributed by atoms with Gasteiger partial charge in [0.15, 0.2) is 0 Å². The molecule has 0 aromatic rings. The molecular weight excluding hydrogens is 272 g/mol. The van der Waals surface area contributed by atoms with E-state index in [1.54, 1.807) is 6.08 Å². The Kier molecular flexibility index (Phi) is 16.8. The number of carbonyl (C=O) groups excluding carboxylic acids is 1. The van der Waals surface area contributed by atoms with Crippen molar-refractivity contribution in [2.24, 2.45) is 0 Å². The number of esters is 1. The fraction of sp³-hybridized carbons (Fsp3) is 0.750. The van der Waals surface area contributed by atoms with Gasteiger partial charge in [0.25, 0.3) is 0 Å². The van der Waals surface area contributed by atoms with E-state index in [-0.39, 0.29) is 5.97 Å². The maximum absolute atomic E-state index is 11.1. The summed E-state index contributed by atoms with van der Waals surface area (Å²) in [5.41, 5.74) is 0. The summed E-state index contributed by atoms with van der Waals surface area (Å²) in [7, 11) is 0. The SMILES string of the molecule is CCC#CCCCCCCCCCCC/C=C/C(=O)OCC. The molecule has 0 aliphatic heterocycles. The lowest BCUT2D eigenvalue weighted by molar-refractivity contribution is -0.137. The summed E-state index contributed by atoms with van der Waals surface area (Å²) in [5, 5.41) is 0. The Morgan fingerprint density at radius 1 is 0.864 bits per heavy atom. The lowest BCUT2D eigenvalue weighted by atomic mass is 10.1. The Morgan fingerprint density at radius 2 is 1.45 bits per heavy atom. The quantitative estimate of drug-likeness (QED) is 0.186. The highest BCUT2D eigenvalue weighted by molar-refractivity contribution is 5.81.